The molecule has 0 bridgehead atoms. The molecule has 4 rings (SSSR count). The summed E-state index contributed by atoms with van der Waals surface area (Å²) in [6.07, 6.45) is 2.57. The van der Waals surface area contributed by atoms with Gasteiger partial charge in [-0.05, 0) is 31.5 Å². The van der Waals surface area contributed by atoms with Gasteiger partial charge in [0.05, 0.1) is 5.92 Å². The van der Waals surface area contributed by atoms with Crippen LogP contribution in [0.5, 0.6) is 0 Å². The number of carbonyl (C=O) groups excluding carboxylic acids is 2. The Hall–Kier alpha value is -2.08. The summed E-state index contributed by atoms with van der Waals surface area (Å²) in [5.41, 5.74) is 1.09. The van der Waals surface area contributed by atoms with Gasteiger partial charge in [-0.25, -0.2) is 4.79 Å². The third-order valence-corrected chi connectivity index (χ3v) is 5.98. The van der Waals surface area contributed by atoms with Crippen LogP contribution < -0.4 is 5.32 Å². The van der Waals surface area contributed by atoms with E-state index in [2.05, 4.69) is 10.2 Å². The van der Waals surface area contributed by atoms with Crippen LogP contribution in [-0.4, -0.2) is 72.5 Å². The minimum absolute atomic E-state index is 0.00365. The lowest BCUT2D eigenvalue weighted by Crippen LogP contribution is -2.42. The second kappa shape index (κ2) is 7.66. The first-order valence-electron chi connectivity index (χ1n) is 9.78. The van der Waals surface area contributed by atoms with E-state index in [0.717, 1.165) is 25.2 Å². The number of rotatable bonds is 5. The normalized spacial score (nSPS) is 25.8. The smallest absolute Gasteiger partial charge is 0.317 e. The van der Waals surface area contributed by atoms with Gasteiger partial charge >= 0.3 is 6.03 Å². The molecule has 3 fully saturated rings. The predicted molar refractivity (Wildman–Crippen MR) is 99.5 cm³/mol. The van der Waals surface area contributed by atoms with Crippen LogP contribution in [0, 0.1) is 11.8 Å². The highest BCUT2D eigenvalue weighted by Gasteiger charge is 2.47. The SMILES string of the molecule is O=C(NCc1ccccc1)N1C[C@@H]2CN(CCN3CCCC3)C(=O)[C@@H]2C1. The van der Waals surface area contributed by atoms with Crippen molar-refractivity contribution in [3.8, 4) is 0 Å². The third-order valence-electron chi connectivity index (χ3n) is 5.98. The third kappa shape index (κ3) is 3.70. The van der Waals surface area contributed by atoms with E-state index in [1.165, 1.54) is 25.9 Å². The molecule has 0 radical (unpaired) electrons. The minimum Gasteiger partial charge on any atom is -0.341 e. The minimum atomic E-state index is -0.0559. The van der Waals surface area contributed by atoms with Gasteiger partial charge < -0.3 is 20.0 Å². The maximum absolute atomic E-state index is 12.7. The zero-order valence-corrected chi connectivity index (χ0v) is 15.3. The fourth-order valence-corrected chi connectivity index (χ4v) is 4.46. The zero-order valence-electron chi connectivity index (χ0n) is 15.3. The second-order valence-corrected chi connectivity index (χ2v) is 7.75. The first-order chi connectivity index (χ1) is 12.7. The second-order valence-electron chi connectivity index (χ2n) is 7.75. The fraction of sp³-hybridized carbons (Fsp3) is 0.600. The zero-order chi connectivity index (χ0) is 17.9. The highest BCUT2D eigenvalue weighted by molar-refractivity contribution is 5.84. The molecule has 3 aliphatic heterocycles. The molecule has 0 spiro atoms. The quantitative estimate of drug-likeness (QED) is 0.867. The Morgan fingerprint density at radius 2 is 1.81 bits per heavy atom. The molecule has 140 valence electrons. The van der Waals surface area contributed by atoms with E-state index >= 15 is 0 Å². The lowest BCUT2D eigenvalue weighted by atomic mass is 10.0. The number of fused-ring (bicyclic) bond motifs is 1. The fourth-order valence-electron chi connectivity index (χ4n) is 4.46. The lowest BCUT2D eigenvalue weighted by Gasteiger charge is -2.24. The van der Waals surface area contributed by atoms with Gasteiger partial charge in [0.25, 0.3) is 0 Å². The number of nitrogens with one attached hydrogen (secondary N) is 1. The van der Waals surface area contributed by atoms with Crippen molar-refractivity contribution in [2.75, 3.05) is 45.8 Å². The van der Waals surface area contributed by atoms with E-state index in [4.69, 9.17) is 0 Å². The summed E-state index contributed by atoms with van der Waals surface area (Å²) in [5, 5.41) is 2.97. The van der Waals surface area contributed by atoms with Gasteiger partial charge in [-0.3, -0.25) is 4.79 Å². The average Bonchev–Trinajstić information content (AvgIpc) is 3.37. The Balaban J connectivity index is 1.24. The maximum atomic E-state index is 12.7. The van der Waals surface area contributed by atoms with Crippen LogP contribution in [-0.2, 0) is 11.3 Å². The number of nitrogens with zero attached hydrogens (tertiary/aromatic N) is 3. The molecule has 26 heavy (non-hydrogen) atoms. The molecule has 3 heterocycles. The van der Waals surface area contributed by atoms with E-state index < -0.39 is 0 Å². The lowest BCUT2D eigenvalue weighted by molar-refractivity contribution is -0.131. The summed E-state index contributed by atoms with van der Waals surface area (Å²) in [5.74, 6) is 0.534. The van der Waals surface area contributed by atoms with Gasteiger partial charge in [-0.15, -0.1) is 0 Å². The van der Waals surface area contributed by atoms with Gasteiger partial charge in [0.2, 0.25) is 5.91 Å². The standard InChI is InChI=1S/C20H28N4O2/c25-19-18-15-24(20(26)21-12-16-6-2-1-3-7-16)14-17(18)13-23(19)11-10-22-8-4-5-9-22/h1-3,6-7,17-18H,4-5,8-15H2,(H,21,26)/t17-,18+/m0/s1. The van der Waals surface area contributed by atoms with E-state index in [1.54, 1.807) is 0 Å². The summed E-state index contributed by atoms with van der Waals surface area (Å²) in [6.45, 7) is 6.76. The van der Waals surface area contributed by atoms with Crippen LogP contribution >= 0.6 is 0 Å². The number of likely N-dealkylation sites (tertiary alicyclic amines) is 3. The highest BCUT2D eigenvalue weighted by atomic mass is 16.2. The molecule has 1 aromatic carbocycles. The molecular formula is C20H28N4O2. The molecule has 0 aromatic heterocycles. The van der Waals surface area contributed by atoms with Crippen molar-refractivity contribution in [3.63, 3.8) is 0 Å². The van der Waals surface area contributed by atoms with Crippen LogP contribution in [0.3, 0.4) is 0 Å². The van der Waals surface area contributed by atoms with Crippen LogP contribution in [0.4, 0.5) is 4.79 Å². The Morgan fingerprint density at radius 3 is 2.54 bits per heavy atom. The van der Waals surface area contributed by atoms with Gasteiger partial charge in [0.1, 0.15) is 0 Å². The van der Waals surface area contributed by atoms with E-state index in [-0.39, 0.29) is 17.9 Å². The number of benzene rings is 1. The molecule has 0 aliphatic carbocycles. The number of hydrogen-bond donors (Lipinski definition) is 1. The number of urea groups is 1. The van der Waals surface area contributed by atoms with Crippen molar-refractivity contribution in [3.05, 3.63) is 35.9 Å². The van der Waals surface area contributed by atoms with Crippen molar-refractivity contribution in [2.45, 2.75) is 19.4 Å². The molecule has 2 atom stereocenters. The van der Waals surface area contributed by atoms with Gasteiger partial charge in [0, 0.05) is 45.2 Å². The highest BCUT2D eigenvalue weighted by Crippen LogP contribution is 2.32. The maximum Gasteiger partial charge on any atom is 0.317 e. The largest absolute Gasteiger partial charge is 0.341 e. The van der Waals surface area contributed by atoms with Crippen molar-refractivity contribution in [2.24, 2.45) is 11.8 Å². The summed E-state index contributed by atoms with van der Waals surface area (Å²) >= 11 is 0. The van der Waals surface area contributed by atoms with Gasteiger partial charge in [-0.2, -0.15) is 0 Å². The summed E-state index contributed by atoms with van der Waals surface area (Å²) in [6, 6.07) is 9.85. The van der Waals surface area contributed by atoms with Gasteiger partial charge in [0.15, 0.2) is 0 Å². The van der Waals surface area contributed by atoms with Crippen molar-refractivity contribution < 1.29 is 9.59 Å². The van der Waals surface area contributed by atoms with E-state index in [0.29, 0.717) is 25.6 Å². The molecule has 1 N–H and O–H groups in total. The van der Waals surface area contributed by atoms with Crippen LogP contribution in [0.15, 0.2) is 30.3 Å². The predicted octanol–water partition coefficient (Wildman–Crippen LogP) is 1.38. The van der Waals surface area contributed by atoms with Crippen molar-refractivity contribution >= 4 is 11.9 Å². The van der Waals surface area contributed by atoms with Gasteiger partial charge in [-0.1, -0.05) is 30.3 Å². The Kier molecular flexibility index (Phi) is 5.11. The topological polar surface area (TPSA) is 55.9 Å². The van der Waals surface area contributed by atoms with Crippen molar-refractivity contribution in [1.82, 2.24) is 20.0 Å². The molecular weight excluding hydrogens is 328 g/mol. The molecule has 3 saturated heterocycles. The van der Waals surface area contributed by atoms with Crippen molar-refractivity contribution in [1.29, 1.82) is 0 Å². The first-order valence-corrected chi connectivity index (χ1v) is 9.78. The molecule has 3 amide bonds. The van der Waals surface area contributed by atoms with E-state index in [1.807, 2.05) is 40.1 Å². The first kappa shape index (κ1) is 17.3. The monoisotopic (exact) mass is 356 g/mol. The van der Waals surface area contributed by atoms with Crippen LogP contribution in [0.2, 0.25) is 0 Å². The summed E-state index contributed by atoms with van der Waals surface area (Å²) in [4.78, 5) is 31.4. The molecule has 0 saturated carbocycles. The van der Waals surface area contributed by atoms with E-state index in [9.17, 15) is 9.59 Å². The molecule has 3 aliphatic rings. The molecule has 1 aromatic rings. The number of carbonyl (C=O) groups is 2. The summed E-state index contributed by atoms with van der Waals surface area (Å²) in [7, 11) is 0. The number of amides is 3. The van der Waals surface area contributed by atoms with Crippen LogP contribution in [0.25, 0.3) is 0 Å². The Labute approximate surface area is 155 Å². The number of hydrogen-bond acceptors (Lipinski definition) is 3. The molecule has 6 nitrogen and oxygen atoms in total. The molecule has 6 heteroatoms. The average molecular weight is 356 g/mol. The molecule has 0 unspecified atom stereocenters. The van der Waals surface area contributed by atoms with Crippen LogP contribution in [0.1, 0.15) is 18.4 Å². The Morgan fingerprint density at radius 1 is 1.04 bits per heavy atom. The summed E-state index contributed by atoms with van der Waals surface area (Å²) < 4.78 is 0. The Bertz CT molecular complexity index is 644.